The lowest BCUT2D eigenvalue weighted by Gasteiger charge is -2.32. The van der Waals surface area contributed by atoms with Crippen LogP contribution in [0.25, 0.3) is 0 Å². The lowest BCUT2D eigenvalue weighted by molar-refractivity contribution is 0.0685. The molecule has 0 amide bonds. The Bertz CT molecular complexity index is 509. The van der Waals surface area contributed by atoms with Crippen molar-refractivity contribution in [2.45, 2.75) is 39.2 Å². The third-order valence-corrected chi connectivity index (χ3v) is 3.96. The first-order chi connectivity index (χ1) is 8.49. The molecule has 1 heterocycles. The molecule has 1 saturated carbocycles. The average Bonchev–Trinajstić information content (AvgIpc) is 2.33. The van der Waals surface area contributed by atoms with Gasteiger partial charge in [-0.1, -0.05) is 13.8 Å². The molecular formula is C13H18N2O3. The van der Waals surface area contributed by atoms with Gasteiger partial charge in [-0.25, -0.2) is 9.48 Å². The highest BCUT2D eigenvalue weighted by Gasteiger charge is 2.27. The van der Waals surface area contributed by atoms with Crippen LogP contribution < -0.4 is 5.56 Å². The van der Waals surface area contributed by atoms with Gasteiger partial charge >= 0.3 is 5.97 Å². The lowest BCUT2D eigenvalue weighted by atomic mass is 9.79. The van der Waals surface area contributed by atoms with Crippen LogP contribution in [0.5, 0.6) is 0 Å². The van der Waals surface area contributed by atoms with E-state index in [0.717, 1.165) is 19.3 Å². The standard InChI is InChI=1S/C13H18N2O3/c1-8-3-4-10(7-9(8)2)15-12(16)6-5-11(14-15)13(17)18/h5-6,8-10H,3-4,7H2,1-2H3,(H,17,18). The Morgan fingerprint density at radius 2 is 2.06 bits per heavy atom. The molecule has 0 radical (unpaired) electrons. The molecule has 5 nitrogen and oxygen atoms in total. The average molecular weight is 250 g/mol. The van der Waals surface area contributed by atoms with Crippen LogP contribution in [0.4, 0.5) is 0 Å². The summed E-state index contributed by atoms with van der Waals surface area (Å²) >= 11 is 0. The monoisotopic (exact) mass is 250 g/mol. The molecule has 2 rings (SSSR count). The highest BCUT2D eigenvalue weighted by atomic mass is 16.4. The number of aromatic nitrogens is 2. The fourth-order valence-corrected chi connectivity index (χ4v) is 2.54. The van der Waals surface area contributed by atoms with Gasteiger partial charge in [0.25, 0.3) is 5.56 Å². The summed E-state index contributed by atoms with van der Waals surface area (Å²) in [4.78, 5) is 22.7. The van der Waals surface area contributed by atoms with E-state index in [1.54, 1.807) is 0 Å². The van der Waals surface area contributed by atoms with Crippen molar-refractivity contribution < 1.29 is 9.90 Å². The first-order valence-electron chi connectivity index (χ1n) is 6.32. The van der Waals surface area contributed by atoms with Crippen LogP contribution >= 0.6 is 0 Å². The molecule has 5 heteroatoms. The van der Waals surface area contributed by atoms with Gasteiger partial charge in [0.1, 0.15) is 0 Å². The van der Waals surface area contributed by atoms with Gasteiger partial charge in [-0.3, -0.25) is 4.79 Å². The first kappa shape index (κ1) is 12.8. The fourth-order valence-electron chi connectivity index (χ4n) is 2.54. The summed E-state index contributed by atoms with van der Waals surface area (Å²) in [5.74, 6) is 0.0894. The van der Waals surface area contributed by atoms with E-state index in [0.29, 0.717) is 11.8 Å². The molecule has 0 bridgehead atoms. The zero-order valence-electron chi connectivity index (χ0n) is 10.7. The zero-order valence-corrected chi connectivity index (χ0v) is 10.7. The van der Waals surface area contributed by atoms with Gasteiger partial charge in [-0.2, -0.15) is 5.10 Å². The number of carboxylic acids is 1. The molecule has 3 atom stereocenters. The number of hydrogen-bond acceptors (Lipinski definition) is 3. The van der Waals surface area contributed by atoms with E-state index in [-0.39, 0.29) is 17.3 Å². The van der Waals surface area contributed by atoms with Gasteiger partial charge < -0.3 is 5.11 Å². The van der Waals surface area contributed by atoms with Gasteiger partial charge in [0, 0.05) is 6.07 Å². The van der Waals surface area contributed by atoms with Crippen molar-refractivity contribution in [1.82, 2.24) is 9.78 Å². The molecule has 0 spiro atoms. The first-order valence-corrected chi connectivity index (χ1v) is 6.32. The molecule has 98 valence electrons. The van der Waals surface area contributed by atoms with Gasteiger partial charge in [0.2, 0.25) is 0 Å². The second-order valence-corrected chi connectivity index (χ2v) is 5.23. The summed E-state index contributed by atoms with van der Waals surface area (Å²) in [5.41, 5.74) is -0.285. The van der Waals surface area contributed by atoms with Gasteiger partial charge in [-0.15, -0.1) is 0 Å². The van der Waals surface area contributed by atoms with Crippen LogP contribution in [0, 0.1) is 11.8 Å². The molecule has 1 aromatic rings. The van der Waals surface area contributed by atoms with E-state index in [4.69, 9.17) is 5.11 Å². The molecular weight excluding hydrogens is 232 g/mol. The summed E-state index contributed by atoms with van der Waals surface area (Å²) in [6.07, 6.45) is 2.83. The highest BCUT2D eigenvalue weighted by Crippen LogP contribution is 2.34. The van der Waals surface area contributed by atoms with Crippen LogP contribution in [0.3, 0.4) is 0 Å². The number of aromatic carboxylic acids is 1. The van der Waals surface area contributed by atoms with Crippen LogP contribution in [0.2, 0.25) is 0 Å². The van der Waals surface area contributed by atoms with E-state index >= 15 is 0 Å². The Hall–Kier alpha value is -1.65. The molecule has 0 aliphatic heterocycles. The molecule has 18 heavy (non-hydrogen) atoms. The van der Waals surface area contributed by atoms with Crippen LogP contribution in [-0.4, -0.2) is 20.9 Å². The maximum absolute atomic E-state index is 11.8. The van der Waals surface area contributed by atoms with Crippen molar-refractivity contribution in [1.29, 1.82) is 0 Å². The van der Waals surface area contributed by atoms with Gasteiger partial charge in [0.05, 0.1) is 6.04 Å². The number of hydrogen-bond donors (Lipinski definition) is 1. The third kappa shape index (κ3) is 2.44. The smallest absolute Gasteiger partial charge is 0.356 e. The van der Waals surface area contributed by atoms with Crippen molar-refractivity contribution in [2.24, 2.45) is 11.8 Å². The summed E-state index contributed by atoms with van der Waals surface area (Å²) in [7, 11) is 0. The molecule has 1 N–H and O–H groups in total. The Kier molecular flexibility index (Phi) is 3.50. The maximum Gasteiger partial charge on any atom is 0.356 e. The maximum atomic E-state index is 11.8. The number of carbonyl (C=O) groups is 1. The van der Waals surface area contributed by atoms with Crippen LogP contribution in [0.15, 0.2) is 16.9 Å². The number of rotatable bonds is 2. The van der Waals surface area contributed by atoms with E-state index in [2.05, 4.69) is 18.9 Å². The van der Waals surface area contributed by atoms with E-state index in [1.165, 1.54) is 16.8 Å². The molecule has 1 aliphatic rings. The molecule has 1 aromatic heterocycles. The summed E-state index contributed by atoms with van der Waals surface area (Å²) in [6.45, 7) is 4.38. The zero-order chi connectivity index (χ0) is 13.3. The van der Waals surface area contributed by atoms with Crippen molar-refractivity contribution in [3.63, 3.8) is 0 Å². The normalized spacial score (nSPS) is 28.0. The SMILES string of the molecule is CC1CCC(n2nc(C(=O)O)ccc2=O)CC1C. The largest absolute Gasteiger partial charge is 0.476 e. The highest BCUT2D eigenvalue weighted by molar-refractivity contribution is 5.84. The Labute approximate surface area is 105 Å². The number of carboxylic acid groups (broad SMARTS) is 1. The molecule has 3 unspecified atom stereocenters. The van der Waals surface area contributed by atoms with Crippen molar-refractivity contribution in [3.8, 4) is 0 Å². The lowest BCUT2D eigenvalue weighted by Crippen LogP contribution is -2.33. The minimum Gasteiger partial charge on any atom is -0.476 e. The third-order valence-electron chi connectivity index (χ3n) is 3.96. The van der Waals surface area contributed by atoms with E-state index < -0.39 is 5.97 Å². The fraction of sp³-hybridized carbons (Fsp3) is 0.615. The van der Waals surface area contributed by atoms with Gasteiger partial charge in [0.15, 0.2) is 5.69 Å². The molecule has 0 aromatic carbocycles. The Morgan fingerprint density at radius 3 is 2.67 bits per heavy atom. The Balaban J connectivity index is 2.30. The predicted molar refractivity (Wildman–Crippen MR) is 66.7 cm³/mol. The van der Waals surface area contributed by atoms with E-state index in [9.17, 15) is 9.59 Å². The second kappa shape index (κ2) is 4.92. The minimum absolute atomic E-state index is 0.0306. The van der Waals surface area contributed by atoms with Crippen LogP contribution in [0.1, 0.15) is 49.6 Å². The van der Waals surface area contributed by atoms with E-state index in [1.807, 2.05) is 0 Å². The van der Waals surface area contributed by atoms with Crippen molar-refractivity contribution in [3.05, 3.63) is 28.2 Å². The quantitative estimate of drug-likeness (QED) is 0.870. The summed E-state index contributed by atoms with van der Waals surface area (Å²) in [6, 6.07) is 2.58. The topological polar surface area (TPSA) is 72.2 Å². The molecule has 1 fully saturated rings. The summed E-state index contributed by atoms with van der Waals surface area (Å²) in [5, 5.41) is 12.9. The van der Waals surface area contributed by atoms with Gasteiger partial charge in [-0.05, 0) is 37.2 Å². The van der Waals surface area contributed by atoms with Crippen LogP contribution in [-0.2, 0) is 0 Å². The molecule has 0 saturated heterocycles. The Morgan fingerprint density at radius 1 is 1.33 bits per heavy atom. The predicted octanol–water partition coefficient (Wildman–Crippen LogP) is 1.94. The molecule has 1 aliphatic carbocycles. The summed E-state index contributed by atoms with van der Waals surface area (Å²) < 4.78 is 1.35. The second-order valence-electron chi connectivity index (χ2n) is 5.23. The van der Waals surface area contributed by atoms with Crippen molar-refractivity contribution >= 4 is 5.97 Å². The van der Waals surface area contributed by atoms with Crippen molar-refractivity contribution in [2.75, 3.05) is 0 Å². The minimum atomic E-state index is -1.10. The number of nitrogens with zero attached hydrogens (tertiary/aromatic N) is 2.